The molecular weight excluding hydrogens is 471 g/mol. The highest BCUT2D eigenvalue weighted by Gasteiger charge is 2.36. The third-order valence-electron chi connectivity index (χ3n) is 6.71. The molecule has 2 aromatic heterocycles. The first-order chi connectivity index (χ1) is 17.0. The number of rotatable bonds is 7. The average Bonchev–Trinajstić information content (AvgIpc) is 3.22. The smallest absolute Gasteiger partial charge is 0.348 e. The van der Waals surface area contributed by atoms with E-state index in [0.717, 1.165) is 37.2 Å². The van der Waals surface area contributed by atoms with Gasteiger partial charge in [-0.2, -0.15) is 18.3 Å². The van der Waals surface area contributed by atoms with Crippen molar-refractivity contribution >= 4 is 29.0 Å². The zero-order valence-electron chi connectivity index (χ0n) is 20.2. The fourth-order valence-corrected chi connectivity index (χ4v) is 4.69. The first-order valence-corrected chi connectivity index (χ1v) is 11.7. The van der Waals surface area contributed by atoms with Crippen LogP contribution in [0.5, 0.6) is 0 Å². The quantitative estimate of drug-likeness (QED) is 0.262. The number of nitrogens with one attached hydrogen (secondary N) is 4. The predicted octanol–water partition coefficient (Wildman–Crippen LogP) is 5.24. The van der Waals surface area contributed by atoms with Crippen molar-refractivity contribution in [2.75, 3.05) is 7.05 Å². The molecule has 4 N–H and O–H groups in total. The summed E-state index contributed by atoms with van der Waals surface area (Å²) in [6.07, 6.45) is -0.562. The molecule has 1 fully saturated rings. The number of alkyl halides is 3. The Bertz CT molecular complexity index is 1310. The van der Waals surface area contributed by atoms with E-state index in [-0.39, 0.29) is 28.8 Å². The van der Waals surface area contributed by atoms with Crippen LogP contribution in [-0.2, 0) is 11.0 Å². The Morgan fingerprint density at radius 1 is 1.31 bits per heavy atom. The molecule has 1 saturated carbocycles. The zero-order chi connectivity index (χ0) is 26.2. The summed E-state index contributed by atoms with van der Waals surface area (Å²) in [6, 6.07) is 7.54. The van der Waals surface area contributed by atoms with Crippen LogP contribution in [0.2, 0.25) is 0 Å². The molecule has 2 unspecified atom stereocenters. The van der Waals surface area contributed by atoms with Gasteiger partial charge < -0.3 is 10.2 Å². The Hall–Kier alpha value is -3.76. The third-order valence-corrected chi connectivity index (χ3v) is 6.71. The number of H-pyrrole nitrogens is 1. The van der Waals surface area contributed by atoms with E-state index in [1.807, 2.05) is 12.1 Å². The Morgan fingerprint density at radius 3 is 2.61 bits per heavy atom. The van der Waals surface area contributed by atoms with E-state index in [2.05, 4.69) is 20.5 Å². The van der Waals surface area contributed by atoms with E-state index in [1.165, 1.54) is 11.8 Å². The number of aromatic nitrogens is 3. The molecule has 11 heteroatoms. The summed E-state index contributed by atoms with van der Waals surface area (Å²) in [5, 5.41) is 26.2. The Balaban J connectivity index is 1.84. The normalized spacial score (nSPS) is 15.7. The molecule has 1 aliphatic rings. The molecule has 0 bridgehead atoms. The number of amides is 1. The molecule has 2 atom stereocenters. The first kappa shape index (κ1) is 25.3. The molecule has 1 aromatic carbocycles. The van der Waals surface area contributed by atoms with Crippen molar-refractivity contribution < 1.29 is 18.0 Å². The summed E-state index contributed by atoms with van der Waals surface area (Å²) in [5.74, 6) is -0.0640. The van der Waals surface area contributed by atoms with Crippen molar-refractivity contribution in [3.8, 4) is 11.3 Å². The van der Waals surface area contributed by atoms with Gasteiger partial charge in [0.15, 0.2) is 0 Å². The average molecular weight is 500 g/mol. The lowest BCUT2D eigenvalue weighted by molar-refractivity contribution is -0.141. The summed E-state index contributed by atoms with van der Waals surface area (Å²) in [5.41, 5.74) is 1.08. The Morgan fingerprint density at radius 2 is 2.03 bits per heavy atom. The van der Waals surface area contributed by atoms with Crippen molar-refractivity contribution in [2.24, 2.45) is 5.92 Å². The van der Waals surface area contributed by atoms with Gasteiger partial charge in [0, 0.05) is 30.8 Å². The van der Waals surface area contributed by atoms with E-state index in [4.69, 9.17) is 10.8 Å². The van der Waals surface area contributed by atoms with Crippen LogP contribution >= 0.6 is 0 Å². The summed E-state index contributed by atoms with van der Waals surface area (Å²) in [4.78, 5) is 16.8. The van der Waals surface area contributed by atoms with Crippen molar-refractivity contribution in [3.05, 3.63) is 47.3 Å². The molecule has 0 radical (unpaired) electrons. The van der Waals surface area contributed by atoms with Gasteiger partial charge >= 0.3 is 6.18 Å². The fourth-order valence-electron chi connectivity index (χ4n) is 4.69. The van der Waals surface area contributed by atoms with Crippen molar-refractivity contribution in [1.82, 2.24) is 25.4 Å². The van der Waals surface area contributed by atoms with Crippen molar-refractivity contribution in [1.29, 1.82) is 10.8 Å². The fraction of sp³-hybridized carbons (Fsp3) is 0.400. The van der Waals surface area contributed by atoms with Crippen LogP contribution in [0.3, 0.4) is 0 Å². The molecule has 1 aliphatic carbocycles. The van der Waals surface area contributed by atoms with E-state index in [1.54, 1.807) is 26.1 Å². The lowest BCUT2D eigenvalue weighted by Gasteiger charge is -2.36. The van der Waals surface area contributed by atoms with Gasteiger partial charge in [0.2, 0.25) is 5.91 Å². The number of likely N-dealkylation sites (N-methyl/N-ethyl adjacent to an activating group) is 1. The van der Waals surface area contributed by atoms with Crippen LogP contribution in [0.15, 0.2) is 30.3 Å². The number of fused-ring (bicyclic) bond motifs is 1. The van der Waals surface area contributed by atoms with Crippen LogP contribution in [-0.4, -0.2) is 45.2 Å². The highest BCUT2D eigenvalue weighted by atomic mass is 19.4. The van der Waals surface area contributed by atoms with E-state index in [9.17, 15) is 18.0 Å². The molecule has 3 aromatic rings. The number of halogens is 3. The van der Waals surface area contributed by atoms with E-state index < -0.39 is 17.9 Å². The standard InChI is InChI=1S/C25H28F3N7O/c1-13(31-14(2)36)21-23-18(11-19(32-21)25(26,27)28)22(33-34-23)17-9-5-8-16(10-17)20(15-6-4-7-15)24(30)35(3)12-29/h5,8-13,15,20,29-30H,4,6-7H2,1-3H3,(H,31,36)(H,33,34). The monoisotopic (exact) mass is 499 g/mol. The Labute approximate surface area is 206 Å². The SMILES string of the molecule is CC(=O)NC(C)c1nc(C(F)(F)F)cc2c(-c3cccc(C(C(=N)N(C)C=N)C4CCC4)c3)n[nH]c12. The maximum Gasteiger partial charge on any atom is 0.433 e. The predicted molar refractivity (Wildman–Crippen MR) is 131 cm³/mol. The highest BCUT2D eigenvalue weighted by molar-refractivity contribution is 5.96. The summed E-state index contributed by atoms with van der Waals surface area (Å²) >= 11 is 0. The van der Waals surface area contributed by atoms with Gasteiger partial charge in [-0.3, -0.25) is 20.7 Å². The maximum absolute atomic E-state index is 13.7. The van der Waals surface area contributed by atoms with Gasteiger partial charge in [-0.05, 0) is 43.4 Å². The number of pyridine rings is 1. The van der Waals surface area contributed by atoms with Gasteiger partial charge in [0.1, 0.15) is 17.2 Å². The minimum atomic E-state index is -4.68. The van der Waals surface area contributed by atoms with Gasteiger partial charge in [-0.15, -0.1) is 0 Å². The second kappa shape index (κ2) is 9.71. The second-order valence-corrected chi connectivity index (χ2v) is 9.23. The molecule has 2 heterocycles. The van der Waals surface area contributed by atoms with E-state index >= 15 is 0 Å². The van der Waals surface area contributed by atoms with Crippen molar-refractivity contribution in [2.45, 2.75) is 51.2 Å². The van der Waals surface area contributed by atoms with Gasteiger partial charge in [-0.1, -0.05) is 24.6 Å². The molecule has 0 saturated heterocycles. The number of carbonyl (C=O) groups excluding carboxylic acids is 1. The van der Waals surface area contributed by atoms with Gasteiger partial charge in [-0.25, -0.2) is 4.98 Å². The summed E-state index contributed by atoms with van der Waals surface area (Å²) in [7, 11) is 1.66. The molecule has 0 aliphatic heterocycles. The lowest BCUT2D eigenvalue weighted by atomic mass is 9.72. The first-order valence-electron chi connectivity index (χ1n) is 11.7. The summed E-state index contributed by atoms with van der Waals surface area (Å²) in [6.45, 7) is 2.86. The second-order valence-electron chi connectivity index (χ2n) is 9.23. The lowest BCUT2D eigenvalue weighted by Crippen LogP contribution is -2.36. The third kappa shape index (κ3) is 4.82. The summed E-state index contributed by atoms with van der Waals surface area (Å²) < 4.78 is 41.2. The molecule has 1 amide bonds. The number of nitrogens with zero attached hydrogens (tertiary/aromatic N) is 3. The van der Waals surface area contributed by atoms with Gasteiger partial charge in [0.05, 0.1) is 23.6 Å². The van der Waals surface area contributed by atoms with Gasteiger partial charge in [0.25, 0.3) is 0 Å². The van der Waals surface area contributed by atoms with Crippen molar-refractivity contribution in [3.63, 3.8) is 0 Å². The van der Waals surface area contributed by atoms with Crippen LogP contribution < -0.4 is 5.32 Å². The molecule has 0 spiro atoms. The molecule has 36 heavy (non-hydrogen) atoms. The van der Waals surface area contributed by atoms with Crippen LogP contribution in [0.4, 0.5) is 13.2 Å². The van der Waals surface area contributed by atoms with E-state index in [0.29, 0.717) is 22.6 Å². The minimum absolute atomic E-state index is 0.0478. The topological polar surface area (TPSA) is 122 Å². The largest absolute Gasteiger partial charge is 0.433 e. The molecule has 8 nitrogen and oxygen atoms in total. The number of benzene rings is 1. The minimum Gasteiger partial charge on any atom is -0.348 e. The zero-order valence-corrected chi connectivity index (χ0v) is 20.2. The molecule has 4 rings (SSSR count). The molecule has 190 valence electrons. The number of hydrogen-bond donors (Lipinski definition) is 4. The highest BCUT2D eigenvalue weighted by Crippen LogP contribution is 2.42. The van der Waals surface area contributed by atoms with Crippen LogP contribution in [0.1, 0.15) is 62.0 Å². The number of aromatic amines is 1. The van der Waals surface area contributed by atoms with Crippen LogP contribution in [0.25, 0.3) is 22.2 Å². The van der Waals surface area contributed by atoms with Crippen LogP contribution in [0, 0.1) is 16.7 Å². The Kier molecular flexibility index (Phi) is 6.83. The number of hydrogen-bond acceptors (Lipinski definition) is 5. The number of carbonyl (C=O) groups is 1. The number of amidine groups is 1. The maximum atomic E-state index is 13.7. The molecular formula is C25H28F3N7O.